The average Bonchev–Trinajstić information content (AvgIpc) is 2.70. The normalized spacial score (nSPS) is 15.4. The van der Waals surface area contributed by atoms with Crippen LogP contribution in [0.1, 0.15) is 36.2 Å². The Morgan fingerprint density at radius 2 is 2.32 bits per heavy atom. The monoisotopic (exact) mass is 259 g/mol. The van der Waals surface area contributed by atoms with E-state index >= 15 is 0 Å². The van der Waals surface area contributed by atoms with Gasteiger partial charge in [-0.2, -0.15) is 0 Å². The molecule has 2 aromatic heterocycles. The zero-order valence-corrected chi connectivity index (χ0v) is 10.7. The Balaban J connectivity index is 1.80. The summed E-state index contributed by atoms with van der Waals surface area (Å²) < 4.78 is 1.61. The fourth-order valence-electron chi connectivity index (χ4n) is 2.50. The third-order valence-electron chi connectivity index (χ3n) is 3.80. The minimum Gasteiger partial charge on any atom is -0.476 e. The first-order chi connectivity index (χ1) is 9.25. The zero-order valence-electron chi connectivity index (χ0n) is 10.7. The fourth-order valence-corrected chi connectivity index (χ4v) is 2.50. The average molecular weight is 259 g/mol. The summed E-state index contributed by atoms with van der Waals surface area (Å²) in [7, 11) is 0. The summed E-state index contributed by atoms with van der Waals surface area (Å²) in [5, 5.41) is 12.5. The van der Waals surface area contributed by atoms with Crippen molar-refractivity contribution in [3.05, 3.63) is 30.1 Å². The number of nitrogens with one attached hydrogen (secondary N) is 1. The lowest BCUT2D eigenvalue weighted by Gasteiger charge is -2.25. The molecule has 0 aliphatic heterocycles. The molecule has 1 fully saturated rings. The van der Waals surface area contributed by atoms with Gasteiger partial charge in [0.25, 0.3) is 0 Å². The summed E-state index contributed by atoms with van der Waals surface area (Å²) >= 11 is 0. The van der Waals surface area contributed by atoms with Crippen molar-refractivity contribution in [3.8, 4) is 0 Å². The number of nitrogens with zero attached hydrogens (tertiary/aromatic N) is 2. The molecule has 0 amide bonds. The van der Waals surface area contributed by atoms with Crippen molar-refractivity contribution in [2.75, 3.05) is 11.9 Å². The van der Waals surface area contributed by atoms with Gasteiger partial charge < -0.3 is 10.4 Å². The first kappa shape index (κ1) is 12.0. The molecule has 1 aliphatic rings. The molecule has 2 heterocycles. The Kier molecular flexibility index (Phi) is 3.11. The second kappa shape index (κ2) is 4.91. The SMILES string of the molecule is O=C(O)c1c(NCCC2CCC2)nc2ccccn12. The van der Waals surface area contributed by atoms with E-state index in [1.807, 2.05) is 12.1 Å². The molecule has 2 aromatic rings. The molecule has 0 atom stereocenters. The Labute approximate surface area is 111 Å². The van der Waals surface area contributed by atoms with Crippen LogP contribution in [0.5, 0.6) is 0 Å². The van der Waals surface area contributed by atoms with Gasteiger partial charge in [-0.1, -0.05) is 25.3 Å². The molecule has 0 spiro atoms. The number of hydrogen-bond donors (Lipinski definition) is 2. The number of carboxylic acids is 1. The molecule has 0 radical (unpaired) electrons. The lowest BCUT2D eigenvalue weighted by molar-refractivity contribution is 0.0690. The van der Waals surface area contributed by atoms with Crippen LogP contribution in [0.25, 0.3) is 5.65 Å². The zero-order chi connectivity index (χ0) is 13.2. The molecule has 2 N–H and O–H groups in total. The summed E-state index contributed by atoms with van der Waals surface area (Å²) in [5.41, 5.74) is 0.871. The van der Waals surface area contributed by atoms with Gasteiger partial charge >= 0.3 is 5.97 Å². The summed E-state index contributed by atoms with van der Waals surface area (Å²) in [5.74, 6) is 0.320. The number of hydrogen-bond acceptors (Lipinski definition) is 3. The molecule has 1 saturated carbocycles. The Morgan fingerprint density at radius 3 is 3.00 bits per heavy atom. The predicted octanol–water partition coefficient (Wildman–Crippen LogP) is 2.63. The van der Waals surface area contributed by atoms with Crippen molar-refractivity contribution in [1.29, 1.82) is 0 Å². The lowest BCUT2D eigenvalue weighted by Crippen LogP contribution is -2.16. The van der Waals surface area contributed by atoms with E-state index in [-0.39, 0.29) is 5.69 Å². The van der Waals surface area contributed by atoms with Crippen LogP contribution >= 0.6 is 0 Å². The van der Waals surface area contributed by atoms with E-state index in [2.05, 4.69) is 10.3 Å². The number of anilines is 1. The third kappa shape index (κ3) is 2.28. The first-order valence-electron chi connectivity index (χ1n) is 6.70. The molecule has 0 unspecified atom stereocenters. The molecule has 19 heavy (non-hydrogen) atoms. The highest BCUT2D eigenvalue weighted by molar-refractivity contribution is 5.92. The van der Waals surface area contributed by atoms with E-state index in [9.17, 15) is 9.90 Å². The molecule has 3 rings (SSSR count). The van der Waals surface area contributed by atoms with Crippen LogP contribution in [0.4, 0.5) is 5.82 Å². The number of fused-ring (bicyclic) bond motifs is 1. The number of aromatic nitrogens is 2. The number of carboxylic acid groups (broad SMARTS) is 1. The summed E-state index contributed by atoms with van der Waals surface area (Å²) in [6.07, 6.45) is 6.76. The molecule has 1 aliphatic carbocycles. The molecular weight excluding hydrogens is 242 g/mol. The number of pyridine rings is 1. The van der Waals surface area contributed by atoms with Crippen molar-refractivity contribution >= 4 is 17.4 Å². The van der Waals surface area contributed by atoms with E-state index in [0.717, 1.165) is 18.9 Å². The number of carbonyl (C=O) groups is 1. The highest BCUT2D eigenvalue weighted by Crippen LogP contribution is 2.29. The van der Waals surface area contributed by atoms with Crippen molar-refractivity contribution in [1.82, 2.24) is 9.38 Å². The Hall–Kier alpha value is -2.04. The van der Waals surface area contributed by atoms with E-state index in [1.165, 1.54) is 19.3 Å². The van der Waals surface area contributed by atoms with E-state index in [4.69, 9.17) is 0 Å². The maximum Gasteiger partial charge on any atom is 0.356 e. The predicted molar refractivity (Wildman–Crippen MR) is 72.6 cm³/mol. The second-order valence-electron chi connectivity index (χ2n) is 5.06. The van der Waals surface area contributed by atoms with E-state index < -0.39 is 5.97 Å². The van der Waals surface area contributed by atoms with Gasteiger partial charge in [0.2, 0.25) is 0 Å². The van der Waals surface area contributed by atoms with Gasteiger partial charge in [0.15, 0.2) is 11.5 Å². The third-order valence-corrected chi connectivity index (χ3v) is 3.80. The van der Waals surface area contributed by atoms with Crippen LogP contribution in [-0.2, 0) is 0 Å². The van der Waals surface area contributed by atoms with E-state index in [1.54, 1.807) is 16.7 Å². The van der Waals surface area contributed by atoms with Crippen molar-refractivity contribution in [3.63, 3.8) is 0 Å². The molecule has 5 heteroatoms. The fraction of sp³-hybridized carbons (Fsp3) is 0.429. The number of imidazole rings is 1. The van der Waals surface area contributed by atoms with E-state index in [0.29, 0.717) is 11.5 Å². The Bertz CT molecular complexity index is 602. The number of rotatable bonds is 5. The standard InChI is InChI=1S/C14H17N3O2/c18-14(19)12-13(15-8-7-10-4-3-5-10)16-11-6-1-2-9-17(11)12/h1-2,6,9-10,15H,3-5,7-8H2,(H,18,19). The van der Waals surface area contributed by atoms with Gasteiger partial charge in [-0.25, -0.2) is 9.78 Å². The smallest absolute Gasteiger partial charge is 0.356 e. The largest absolute Gasteiger partial charge is 0.476 e. The van der Waals surface area contributed by atoms with Crippen LogP contribution in [0.2, 0.25) is 0 Å². The molecule has 0 bridgehead atoms. The second-order valence-corrected chi connectivity index (χ2v) is 5.06. The van der Waals surface area contributed by atoms with Gasteiger partial charge in [-0.05, 0) is 24.5 Å². The van der Waals surface area contributed by atoms with Crippen LogP contribution in [0.3, 0.4) is 0 Å². The van der Waals surface area contributed by atoms with Gasteiger partial charge in [0.1, 0.15) is 5.65 Å². The van der Waals surface area contributed by atoms with Crippen LogP contribution < -0.4 is 5.32 Å². The summed E-state index contributed by atoms with van der Waals surface area (Å²) in [6, 6.07) is 5.47. The molecule has 100 valence electrons. The van der Waals surface area contributed by atoms with Crippen molar-refractivity contribution < 1.29 is 9.90 Å². The van der Waals surface area contributed by atoms with Gasteiger partial charge in [-0.15, -0.1) is 0 Å². The van der Waals surface area contributed by atoms with Gasteiger partial charge in [-0.3, -0.25) is 4.40 Å². The summed E-state index contributed by atoms with van der Waals surface area (Å²) in [6.45, 7) is 0.787. The highest BCUT2D eigenvalue weighted by atomic mass is 16.4. The Morgan fingerprint density at radius 1 is 1.47 bits per heavy atom. The molecule has 0 aromatic carbocycles. The quantitative estimate of drug-likeness (QED) is 0.866. The topological polar surface area (TPSA) is 66.6 Å². The first-order valence-corrected chi connectivity index (χ1v) is 6.70. The molecular formula is C14H17N3O2. The van der Waals surface area contributed by atoms with Crippen LogP contribution in [-0.4, -0.2) is 27.0 Å². The summed E-state index contributed by atoms with van der Waals surface area (Å²) in [4.78, 5) is 15.7. The maximum absolute atomic E-state index is 11.4. The molecule has 0 saturated heterocycles. The van der Waals surface area contributed by atoms with Crippen molar-refractivity contribution in [2.45, 2.75) is 25.7 Å². The van der Waals surface area contributed by atoms with Crippen LogP contribution in [0, 0.1) is 5.92 Å². The number of aromatic carboxylic acids is 1. The van der Waals surface area contributed by atoms with Gasteiger partial charge in [0.05, 0.1) is 0 Å². The lowest BCUT2D eigenvalue weighted by atomic mass is 9.83. The molecule has 5 nitrogen and oxygen atoms in total. The minimum absolute atomic E-state index is 0.212. The van der Waals surface area contributed by atoms with Crippen molar-refractivity contribution in [2.24, 2.45) is 5.92 Å². The maximum atomic E-state index is 11.4. The van der Waals surface area contributed by atoms with Crippen LogP contribution in [0.15, 0.2) is 24.4 Å². The van der Waals surface area contributed by atoms with Gasteiger partial charge in [0, 0.05) is 12.7 Å². The highest BCUT2D eigenvalue weighted by Gasteiger charge is 2.20. The minimum atomic E-state index is -0.954.